The molecule has 2 heteroatoms. The standard InChI is InChI=1S/C9H17NO/c1-7(2)5-10-6-8(3)4-9(10)11/h7-8H,4-6H2,1-3H3/t8-/m1/s1. The lowest BCUT2D eigenvalue weighted by atomic mass is 10.2. The Morgan fingerprint density at radius 2 is 2.27 bits per heavy atom. The molecule has 1 atom stereocenters. The first-order valence-corrected chi connectivity index (χ1v) is 4.37. The molecule has 1 saturated heterocycles. The Morgan fingerprint density at radius 3 is 2.64 bits per heavy atom. The summed E-state index contributed by atoms with van der Waals surface area (Å²) in [6.07, 6.45) is 0.757. The van der Waals surface area contributed by atoms with E-state index in [0.717, 1.165) is 19.5 Å². The van der Waals surface area contributed by atoms with Gasteiger partial charge in [0.2, 0.25) is 5.91 Å². The Kier molecular flexibility index (Phi) is 2.53. The second kappa shape index (κ2) is 3.24. The molecule has 1 fully saturated rings. The molecule has 2 nitrogen and oxygen atoms in total. The summed E-state index contributed by atoms with van der Waals surface area (Å²) in [5.74, 6) is 1.51. The van der Waals surface area contributed by atoms with Gasteiger partial charge in [-0.25, -0.2) is 0 Å². The van der Waals surface area contributed by atoms with Crippen molar-refractivity contribution in [1.29, 1.82) is 0 Å². The first kappa shape index (κ1) is 8.57. The van der Waals surface area contributed by atoms with Gasteiger partial charge in [0, 0.05) is 19.5 Å². The summed E-state index contributed by atoms with van der Waals surface area (Å²) in [5.41, 5.74) is 0. The molecule has 1 amide bonds. The highest BCUT2D eigenvalue weighted by Crippen LogP contribution is 2.17. The summed E-state index contributed by atoms with van der Waals surface area (Å²) < 4.78 is 0. The van der Waals surface area contributed by atoms with Crippen molar-refractivity contribution in [2.75, 3.05) is 13.1 Å². The predicted molar refractivity (Wildman–Crippen MR) is 45.2 cm³/mol. The van der Waals surface area contributed by atoms with Crippen molar-refractivity contribution < 1.29 is 4.79 Å². The summed E-state index contributed by atoms with van der Waals surface area (Å²) in [7, 11) is 0. The van der Waals surface area contributed by atoms with Crippen LogP contribution in [0.15, 0.2) is 0 Å². The lowest BCUT2D eigenvalue weighted by Gasteiger charge is -2.17. The van der Waals surface area contributed by atoms with Gasteiger partial charge in [0.25, 0.3) is 0 Å². The van der Waals surface area contributed by atoms with Crippen LogP contribution >= 0.6 is 0 Å². The predicted octanol–water partition coefficient (Wildman–Crippen LogP) is 1.51. The molecule has 0 aliphatic carbocycles. The number of carbonyl (C=O) groups excluding carboxylic acids is 1. The van der Waals surface area contributed by atoms with Gasteiger partial charge in [-0.15, -0.1) is 0 Å². The number of likely N-dealkylation sites (tertiary alicyclic amines) is 1. The minimum absolute atomic E-state index is 0.339. The van der Waals surface area contributed by atoms with Crippen LogP contribution < -0.4 is 0 Å². The van der Waals surface area contributed by atoms with Crippen LogP contribution in [0.25, 0.3) is 0 Å². The number of carbonyl (C=O) groups is 1. The fraction of sp³-hybridized carbons (Fsp3) is 0.889. The highest BCUT2D eigenvalue weighted by atomic mass is 16.2. The number of hydrogen-bond acceptors (Lipinski definition) is 1. The number of nitrogens with zero attached hydrogens (tertiary/aromatic N) is 1. The first-order valence-electron chi connectivity index (χ1n) is 4.37. The molecular weight excluding hydrogens is 138 g/mol. The SMILES string of the molecule is CC(C)CN1C[C@H](C)CC1=O. The van der Waals surface area contributed by atoms with Gasteiger partial charge in [-0.05, 0) is 11.8 Å². The maximum absolute atomic E-state index is 11.2. The van der Waals surface area contributed by atoms with Gasteiger partial charge in [-0.1, -0.05) is 20.8 Å². The Labute approximate surface area is 68.6 Å². The summed E-state index contributed by atoms with van der Waals surface area (Å²) in [4.78, 5) is 13.2. The van der Waals surface area contributed by atoms with Gasteiger partial charge in [0.1, 0.15) is 0 Å². The second-order valence-electron chi connectivity index (χ2n) is 4.00. The van der Waals surface area contributed by atoms with E-state index >= 15 is 0 Å². The van der Waals surface area contributed by atoms with Crippen LogP contribution in [0, 0.1) is 11.8 Å². The molecule has 0 saturated carbocycles. The normalized spacial score (nSPS) is 25.3. The first-order chi connectivity index (χ1) is 5.09. The highest BCUT2D eigenvalue weighted by molar-refractivity contribution is 5.78. The molecule has 0 radical (unpaired) electrons. The van der Waals surface area contributed by atoms with Crippen molar-refractivity contribution in [1.82, 2.24) is 4.90 Å². The third-order valence-electron chi connectivity index (χ3n) is 1.99. The van der Waals surface area contributed by atoms with Crippen molar-refractivity contribution in [2.24, 2.45) is 11.8 Å². The van der Waals surface area contributed by atoms with Crippen LogP contribution in [0.3, 0.4) is 0 Å². The summed E-state index contributed by atoms with van der Waals surface area (Å²) in [6, 6.07) is 0. The molecule has 0 aromatic rings. The molecule has 0 aromatic heterocycles. The topological polar surface area (TPSA) is 20.3 Å². The molecule has 1 heterocycles. The zero-order valence-electron chi connectivity index (χ0n) is 7.63. The quantitative estimate of drug-likeness (QED) is 0.592. The maximum atomic E-state index is 11.2. The summed E-state index contributed by atoms with van der Waals surface area (Å²) in [6.45, 7) is 8.34. The van der Waals surface area contributed by atoms with Gasteiger partial charge in [-0.2, -0.15) is 0 Å². The van der Waals surface area contributed by atoms with E-state index in [2.05, 4.69) is 20.8 Å². The van der Waals surface area contributed by atoms with Crippen LogP contribution in [0.2, 0.25) is 0 Å². The molecule has 0 spiro atoms. The van der Waals surface area contributed by atoms with Crippen molar-refractivity contribution >= 4 is 5.91 Å². The Bertz CT molecular complexity index is 154. The van der Waals surface area contributed by atoms with E-state index in [1.54, 1.807) is 0 Å². The lowest BCUT2D eigenvalue weighted by Crippen LogP contribution is -2.28. The van der Waals surface area contributed by atoms with Crippen molar-refractivity contribution in [3.63, 3.8) is 0 Å². The van der Waals surface area contributed by atoms with Gasteiger partial charge in [-0.3, -0.25) is 4.79 Å². The monoisotopic (exact) mass is 155 g/mol. The molecule has 1 rings (SSSR count). The van der Waals surface area contributed by atoms with Gasteiger partial charge >= 0.3 is 0 Å². The molecule has 0 aromatic carbocycles. The largest absolute Gasteiger partial charge is 0.342 e. The van der Waals surface area contributed by atoms with Crippen molar-refractivity contribution in [2.45, 2.75) is 27.2 Å². The Hall–Kier alpha value is -0.530. The molecule has 64 valence electrons. The third-order valence-corrected chi connectivity index (χ3v) is 1.99. The molecule has 0 N–H and O–H groups in total. The van der Waals surface area contributed by atoms with Gasteiger partial charge in [0.15, 0.2) is 0 Å². The van der Waals surface area contributed by atoms with Crippen LogP contribution in [0.5, 0.6) is 0 Å². The van der Waals surface area contributed by atoms with Gasteiger partial charge in [0.05, 0.1) is 0 Å². The van der Waals surface area contributed by atoms with Crippen molar-refractivity contribution in [3.05, 3.63) is 0 Å². The lowest BCUT2D eigenvalue weighted by molar-refractivity contribution is -0.128. The average molecular weight is 155 g/mol. The van der Waals surface area contributed by atoms with Crippen LogP contribution in [0.4, 0.5) is 0 Å². The van der Waals surface area contributed by atoms with E-state index in [-0.39, 0.29) is 0 Å². The number of rotatable bonds is 2. The minimum Gasteiger partial charge on any atom is -0.342 e. The van der Waals surface area contributed by atoms with Crippen LogP contribution in [0.1, 0.15) is 27.2 Å². The van der Waals surface area contributed by atoms with E-state index in [0.29, 0.717) is 17.7 Å². The average Bonchev–Trinajstić information content (AvgIpc) is 2.09. The zero-order chi connectivity index (χ0) is 8.43. The molecule has 11 heavy (non-hydrogen) atoms. The number of amides is 1. The van der Waals surface area contributed by atoms with E-state index < -0.39 is 0 Å². The van der Waals surface area contributed by atoms with E-state index in [1.165, 1.54) is 0 Å². The van der Waals surface area contributed by atoms with Crippen molar-refractivity contribution in [3.8, 4) is 0 Å². The summed E-state index contributed by atoms with van der Waals surface area (Å²) >= 11 is 0. The van der Waals surface area contributed by atoms with E-state index in [1.807, 2.05) is 4.90 Å². The molecule has 0 unspecified atom stereocenters. The fourth-order valence-electron chi connectivity index (χ4n) is 1.59. The smallest absolute Gasteiger partial charge is 0.222 e. The Morgan fingerprint density at radius 1 is 1.64 bits per heavy atom. The fourth-order valence-corrected chi connectivity index (χ4v) is 1.59. The highest BCUT2D eigenvalue weighted by Gasteiger charge is 2.26. The van der Waals surface area contributed by atoms with Crippen LogP contribution in [-0.4, -0.2) is 23.9 Å². The maximum Gasteiger partial charge on any atom is 0.222 e. The van der Waals surface area contributed by atoms with Crippen LogP contribution in [-0.2, 0) is 4.79 Å². The second-order valence-corrected chi connectivity index (χ2v) is 4.00. The van der Waals surface area contributed by atoms with Gasteiger partial charge < -0.3 is 4.90 Å². The van der Waals surface area contributed by atoms with E-state index in [9.17, 15) is 4.79 Å². The van der Waals surface area contributed by atoms with E-state index in [4.69, 9.17) is 0 Å². The number of hydrogen-bond donors (Lipinski definition) is 0. The minimum atomic E-state index is 0.339. The zero-order valence-corrected chi connectivity index (χ0v) is 7.63. The Balaban J connectivity index is 2.41. The molecular formula is C9H17NO. The molecule has 0 bridgehead atoms. The summed E-state index contributed by atoms with van der Waals surface area (Å²) in [5, 5.41) is 0. The molecule has 1 aliphatic heterocycles. The molecule has 1 aliphatic rings. The third kappa shape index (κ3) is 2.21.